The van der Waals surface area contributed by atoms with Crippen molar-refractivity contribution < 1.29 is 4.42 Å². The summed E-state index contributed by atoms with van der Waals surface area (Å²) in [5.74, 6) is 0.317. The third kappa shape index (κ3) is 2.31. The number of benzene rings is 1. The van der Waals surface area contributed by atoms with Crippen LogP contribution < -0.4 is 10.7 Å². The molecule has 4 nitrogen and oxygen atoms in total. The largest absolute Gasteiger partial charge is 0.419 e. The van der Waals surface area contributed by atoms with E-state index in [1.54, 1.807) is 7.05 Å². The lowest BCUT2D eigenvalue weighted by atomic mass is 10.2. The molecule has 0 N–H and O–H groups in total. The van der Waals surface area contributed by atoms with Crippen molar-refractivity contribution in [3.63, 3.8) is 0 Å². The SMILES string of the molecule is CN(CCCCl)c1ccc2oc(=O)n(C)c2c1. The van der Waals surface area contributed by atoms with Gasteiger partial charge in [0.05, 0.1) is 5.52 Å². The predicted molar refractivity (Wildman–Crippen MR) is 70.1 cm³/mol. The minimum Gasteiger partial charge on any atom is -0.408 e. The molecule has 1 aromatic heterocycles. The molecular weight excluding hydrogens is 240 g/mol. The van der Waals surface area contributed by atoms with Crippen molar-refractivity contribution in [2.24, 2.45) is 7.05 Å². The maximum absolute atomic E-state index is 11.4. The Morgan fingerprint density at radius 2 is 2.24 bits per heavy atom. The molecule has 92 valence electrons. The lowest BCUT2D eigenvalue weighted by molar-refractivity contribution is 0.528. The number of aromatic nitrogens is 1. The van der Waals surface area contributed by atoms with Crippen LogP contribution in [-0.4, -0.2) is 24.0 Å². The molecule has 0 fully saturated rings. The van der Waals surface area contributed by atoms with Gasteiger partial charge in [-0.05, 0) is 24.6 Å². The molecule has 0 unspecified atom stereocenters. The second-order valence-electron chi connectivity index (χ2n) is 4.04. The highest BCUT2D eigenvalue weighted by molar-refractivity contribution is 6.17. The van der Waals surface area contributed by atoms with Crippen molar-refractivity contribution in [1.82, 2.24) is 4.57 Å². The Morgan fingerprint density at radius 1 is 1.47 bits per heavy atom. The number of fused-ring (bicyclic) bond motifs is 1. The first-order valence-electron chi connectivity index (χ1n) is 5.50. The average Bonchev–Trinajstić information content (AvgIpc) is 2.62. The van der Waals surface area contributed by atoms with Crippen molar-refractivity contribution in [3.8, 4) is 0 Å². The molecular formula is C12H15ClN2O2. The minimum atomic E-state index is -0.333. The van der Waals surface area contributed by atoms with E-state index < -0.39 is 0 Å². The maximum atomic E-state index is 11.4. The summed E-state index contributed by atoms with van der Waals surface area (Å²) in [4.78, 5) is 13.5. The number of nitrogens with zero attached hydrogens (tertiary/aromatic N) is 2. The van der Waals surface area contributed by atoms with Crippen molar-refractivity contribution in [2.45, 2.75) is 6.42 Å². The summed E-state index contributed by atoms with van der Waals surface area (Å²) in [5.41, 5.74) is 2.48. The van der Waals surface area contributed by atoms with Crippen LogP contribution in [0.1, 0.15) is 6.42 Å². The monoisotopic (exact) mass is 254 g/mol. The topological polar surface area (TPSA) is 38.4 Å². The van der Waals surface area contributed by atoms with E-state index in [1.165, 1.54) is 4.57 Å². The van der Waals surface area contributed by atoms with Crippen LogP contribution >= 0.6 is 11.6 Å². The first-order chi connectivity index (χ1) is 8.13. The van der Waals surface area contributed by atoms with E-state index >= 15 is 0 Å². The molecule has 0 radical (unpaired) electrons. The predicted octanol–water partition coefficient (Wildman–Crippen LogP) is 2.20. The standard InChI is InChI=1S/C12H15ClN2O2/c1-14(7-3-6-13)9-4-5-11-10(8-9)15(2)12(16)17-11/h4-5,8H,3,6-7H2,1-2H3. The van der Waals surface area contributed by atoms with Gasteiger partial charge in [0.2, 0.25) is 0 Å². The Morgan fingerprint density at radius 3 is 2.94 bits per heavy atom. The zero-order valence-electron chi connectivity index (χ0n) is 9.94. The van der Waals surface area contributed by atoms with Crippen LogP contribution in [0.4, 0.5) is 5.69 Å². The summed E-state index contributed by atoms with van der Waals surface area (Å²) in [6.07, 6.45) is 0.931. The van der Waals surface area contributed by atoms with Gasteiger partial charge >= 0.3 is 5.76 Å². The van der Waals surface area contributed by atoms with Crippen LogP contribution in [-0.2, 0) is 7.05 Å². The van der Waals surface area contributed by atoms with Crippen LogP contribution in [0.2, 0.25) is 0 Å². The number of rotatable bonds is 4. The summed E-state index contributed by atoms with van der Waals surface area (Å²) in [6, 6.07) is 5.72. The van der Waals surface area contributed by atoms with Gasteiger partial charge in [-0.1, -0.05) is 0 Å². The molecule has 0 spiro atoms. The first-order valence-corrected chi connectivity index (χ1v) is 6.03. The summed E-state index contributed by atoms with van der Waals surface area (Å²) in [6.45, 7) is 0.890. The Balaban J connectivity index is 2.36. The number of hydrogen-bond donors (Lipinski definition) is 0. The Bertz CT molecular complexity index is 573. The van der Waals surface area contributed by atoms with E-state index in [0.29, 0.717) is 11.5 Å². The quantitative estimate of drug-likeness (QED) is 0.785. The molecule has 0 aliphatic rings. The van der Waals surface area contributed by atoms with Gasteiger partial charge in [-0.3, -0.25) is 4.57 Å². The van der Waals surface area contributed by atoms with Crippen molar-refractivity contribution in [1.29, 1.82) is 0 Å². The van der Waals surface area contributed by atoms with E-state index in [9.17, 15) is 4.79 Å². The van der Waals surface area contributed by atoms with E-state index in [2.05, 4.69) is 4.90 Å². The van der Waals surface area contributed by atoms with Crippen LogP contribution in [0, 0.1) is 0 Å². The summed E-state index contributed by atoms with van der Waals surface area (Å²) in [7, 11) is 3.71. The molecule has 2 rings (SSSR count). The van der Waals surface area contributed by atoms with Crippen LogP contribution in [0.25, 0.3) is 11.1 Å². The fourth-order valence-electron chi connectivity index (χ4n) is 1.78. The smallest absolute Gasteiger partial charge is 0.408 e. The highest BCUT2D eigenvalue weighted by Gasteiger charge is 2.08. The molecule has 0 amide bonds. The van der Waals surface area contributed by atoms with Gasteiger partial charge in [-0.15, -0.1) is 11.6 Å². The molecule has 2 aromatic rings. The van der Waals surface area contributed by atoms with Gasteiger partial charge in [0, 0.05) is 32.2 Å². The molecule has 0 saturated heterocycles. The van der Waals surface area contributed by atoms with Gasteiger partial charge in [0.1, 0.15) is 0 Å². The lowest BCUT2D eigenvalue weighted by Crippen LogP contribution is -2.18. The zero-order chi connectivity index (χ0) is 12.4. The lowest BCUT2D eigenvalue weighted by Gasteiger charge is -2.18. The summed E-state index contributed by atoms with van der Waals surface area (Å²) in [5, 5.41) is 0. The number of anilines is 1. The minimum absolute atomic E-state index is 0.333. The third-order valence-corrected chi connectivity index (χ3v) is 3.11. The fraction of sp³-hybridized carbons (Fsp3) is 0.417. The van der Waals surface area contributed by atoms with E-state index in [1.807, 2.05) is 25.2 Å². The summed E-state index contributed by atoms with van der Waals surface area (Å²) >= 11 is 5.67. The average molecular weight is 255 g/mol. The third-order valence-electron chi connectivity index (χ3n) is 2.84. The summed E-state index contributed by atoms with van der Waals surface area (Å²) < 4.78 is 6.59. The molecule has 0 aliphatic heterocycles. The number of halogens is 1. The van der Waals surface area contributed by atoms with Gasteiger partial charge in [-0.2, -0.15) is 0 Å². The van der Waals surface area contributed by atoms with Crippen LogP contribution in [0.15, 0.2) is 27.4 Å². The highest BCUT2D eigenvalue weighted by Crippen LogP contribution is 2.20. The molecule has 1 aromatic carbocycles. The Labute approximate surface area is 104 Å². The molecule has 1 heterocycles. The first kappa shape index (κ1) is 12.0. The van der Waals surface area contributed by atoms with Crippen LogP contribution in [0.3, 0.4) is 0 Å². The number of alkyl halides is 1. The zero-order valence-corrected chi connectivity index (χ0v) is 10.7. The van der Waals surface area contributed by atoms with Gasteiger partial charge < -0.3 is 9.32 Å². The normalized spacial score (nSPS) is 11.0. The Hall–Kier alpha value is -1.42. The number of hydrogen-bond acceptors (Lipinski definition) is 3. The molecule has 0 atom stereocenters. The van der Waals surface area contributed by atoms with Gasteiger partial charge in [0.15, 0.2) is 5.58 Å². The molecule has 5 heteroatoms. The van der Waals surface area contributed by atoms with Crippen molar-refractivity contribution in [2.75, 3.05) is 24.4 Å². The highest BCUT2D eigenvalue weighted by atomic mass is 35.5. The Kier molecular flexibility index (Phi) is 3.43. The van der Waals surface area contributed by atoms with Crippen molar-refractivity contribution >= 4 is 28.4 Å². The van der Waals surface area contributed by atoms with Gasteiger partial charge in [0.25, 0.3) is 0 Å². The van der Waals surface area contributed by atoms with Crippen molar-refractivity contribution in [3.05, 3.63) is 28.7 Å². The van der Waals surface area contributed by atoms with Gasteiger partial charge in [-0.25, -0.2) is 4.79 Å². The van der Waals surface area contributed by atoms with E-state index in [0.717, 1.165) is 24.2 Å². The second-order valence-corrected chi connectivity index (χ2v) is 4.42. The molecule has 0 aliphatic carbocycles. The van der Waals surface area contributed by atoms with E-state index in [4.69, 9.17) is 16.0 Å². The number of oxazole rings is 1. The second kappa shape index (κ2) is 4.84. The van der Waals surface area contributed by atoms with E-state index in [-0.39, 0.29) is 5.76 Å². The molecule has 0 bridgehead atoms. The molecule has 17 heavy (non-hydrogen) atoms. The van der Waals surface area contributed by atoms with Crippen LogP contribution in [0.5, 0.6) is 0 Å². The fourth-order valence-corrected chi connectivity index (χ4v) is 1.90. The maximum Gasteiger partial charge on any atom is 0.419 e. The molecule has 0 saturated carbocycles. The number of aryl methyl sites for hydroxylation is 1.